The number of hydrogen-bond donors (Lipinski definition) is 0. The normalized spacial score (nSPS) is 24.1. The Morgan fingerprint density at radius 2 is 1.80 bits per heavy atom. The lowest BCUT2D eigenvalue weighted by molar-refractivity contribution is -0.181. The van der Waals surface area contributed by atoms with Crippen molar-refractivity contribution in [1.29, 1.82) is 0 Å². The van der Waals surface area contributed by atoms with Gasteiger partial charge in [0.2, 0.25) is 0 Å². The molecule has 0 saturated carbocycles. The van der Waals surface area contributed by atoms with Crippen LogP contribution < -0.4 is 0 Å². The standard InChI is InChI=1S/C17H25N3O4S/c1-13-15(25-14(18-13)12-19-6-8-22-9-7-19)16(21)20-4-2-17(3-5-20)23-10-11-24-17/h2-12H2,1H3. The van der Waals surface area contributed by atoms with E-state index in [4.69, 9.17) is 14.2 Å². The van der Waals surface area contributed by atoms with Gasteiger partial charge in [0, 0.05) is 39.0 Å². The number of aryl methyl sites for hydroxylation is 1. The van der Waals surface area contributed by atoms with Crippen LogP contribution in [0.3, 0.4) is 0 Å². The Morgan fingerprint density at radius 3 is 2.48 bits per heavy atom. The highest BCUT2D eigenvalue weighted by atomic mass is 32.1. The molecule has 0 aliphatic carbocycles. The van der Waals surface area contributed by atoms with E-state index in [0.29, 0.717) is 26.3 Å². The monoisotopic (exact) mass is 367 g/mol. The average molecular weight is 367 g/mol. The Hall–Kier alpha value is -1.06. The second kappa shape index (κ2) is 7.28. The molecule has 1 amide bonds. The first kappa shape index (κ1) is 17.4. The molecule has 3 saturated heterocycles. The Kier molecular flexibility index (Phi) is 5.06. The van der Waals surface area contributed by atoms with E-state index in [2.05, 4.69) is 9.88 Å². The first-order chi connectivity index (χ1) is 12.2. The Morgan fingerprint density at radius 1 is 1.12 bits per heavy atom. The summed E-state index contributed by atoms with van der Waals surface area (Å²) in [5.41, 5.74) is 0.840. The zero-order valence-corrected chi connectivity index (χ0v) is 15.5. The summed E-state index contributed by atoms with van der Waals surface area (Å²) in [7, 11) is 0. The van der Waals surface area contributed by atoms with Crippen molar-refractivity contribution in [1.82, 2.24) is 14.8 Å². The predicted octanol–water partition coefficient (Wildman–Crippen LogP) is 1.26. The number of piperidine rings is 1. The molecule has 25 heavy (non-hydrogen) atoms. The van der Waals surface area contributed by atoms with Gasteiger partial charge in [-0.2, -0.15) is 0 Å². The van der Waals surface area contributed by atoms with Crippen LogP contribution >= 0.6 is 11.3 Å². The van der Waals surface area contributed by atoms with Gasteiger partial charge < -0.3 is 19.1 Å². The van der Waals surface area contributed by atoms with E-state index in [-0.39, 0.29) is 5.91 Å². The van der Waals surface area contributed by atoms with Crippen molar-refractivity contribution in [2.75, 3.05) is 52.6 Å². The van der Waals surface area contributed by atoms with E-state index in [1.54, 1.807) is 0 Å². The fourth-order valence-electron chi connectivity index (χ4n) is 3.65. The molecular weight excluding hydrogens is 342 g/mol. The number of thiazole rings is 1. The number of carbonyl (C=O) groups excluding carboxylic acids is 1. The first-order valence-electron chi connectivity index (χ1n) is 8.99. The number of rotatable bonds is 3. The van der Waals surface area contributed by atoms with Crippen LogP contribution in [-0.4, -0.2) is 79.1 Å². The SMILES string of the molecule is Cc1nc(CN2CCOCC2)sc1C(=O)N1CCC2(CC1)OCCO2. The van der Waals surface area contributed by atoms with E-state index in [1.165, 1.54) is 11.3 Å². The third kappa shape index (κ3) is 3.73. The van der Waals surface area contributed by atoms with E-state index in [1.807, 2.05) is 11.8 Å². The van der Waals surface area contributed by atoms with Gasteiger partial charge in [-0.3, -0.25) is 9.69 Å². The predicted molar refractivity (Wildman–Crippen MR) is 92.7 cm³/mol. The van der Waals surface area contributed by atoms with Crippen LogP contribution in [0.2, 0.25) is 0 Å². The van der Waals surface area contributed by atoms with Crippen LogP contribution in [0.4, 0.5) is 0 Å². The van der Waals surface area contributed by atoms with Gasteiger partial charge in [-0.05, 0) is 6.92 Å². The number of hydrogen-bond acceptors (Lipinski definition) is 7. The molecule has 1 aromatic rings. The van der Waals surface area contributed by atoms with E-state index in [0.717, 1.165) is 61.3 Å². The van der Waals surface area contributed by atoms with E-state index in [9.17, 15) is 4.79 Å². The molecule has 3 aliphatic heterocycles. The summed E-state index contributed by atoms with van der Waals surface area (Å²) in [5.74, 6) is -0.350. The summed E-state index contributed by atoms with van der Waals surface area (Å²) in [4.78, 5) is 22.6. The third-order valence-corrected chi connectivity index (χ3v) is 6.25. The van der Waals surface area contributed by atoms with Crippen LogP contribution in [-0.2, 0) is 20.8 Å². The van der Waals surface area contributed by atoms with Gasteiger partial charge in [-0.25, -0.2) is 4.98 Å². The Balaban J connectivity index is 1.38. The lowest BCUT2D eigenvalue weighted by atomic mass is 10.0. The number of likely N-dealkylation sites (tertiary alicyclic amines) is 1. The van der Waals surface area contributed by atoms with Gasteiger partial charge >= 0.3 is 0 Å². The van der Waals surface area contributed by atoms with Crippen molar-refractivity contribution in [3.8, 4) is 0 Å². The molecule has 0 N–H and O–H groups in total. The molecule has 138 valence electrons. The molecule has 8 heteroatoms. The molecule has 0 unspecified atom stereocenters. The lowest BCUT2D eigenvalue weighted by Gasteiger charge is -2.37. The molecular formula is C17H25N3O4S. The molecule has 0 aromatic carbocycles. The highest BCUT2D eigenvalue weighted by molar-refractivity contribution is 7.13. The van der Waals surface area contributed by atoms with Crippen molar-refractivity contribution >= 4 is 17.2 Å². The van der Waals surface area contributed by atoms with Crippen molar-refractivity contribution in [3.05, 3.63) is 15.6 Å². The van der Waals surface area contributed by atoms with Gasteiger partial charge in [-0.1, -0.05) is 0 Å². The van der Waals surface area contributed by atoms with Crippen molar-refractivity contribution in [3.63, 3.8) is 0 Å². The minimum Gasteiger partial charge on any atom is -0.379 e. The van der Waals surface area contributed by atoms with Crippen molar-refractivity contribution < 1.29 is 19.0 Å². The van der Waals surface area contributed by atoms with Crippen LogP contribution in [0.25, 0.3) is 0 Å². The lowest BCUT2D eigenvalue weighted by Crippen LogP contribution is -2.47. The van der Waals surface area contributed by atoms with Gasteiger partial charge in [0.25, 0.3) is 5.91 Å². The summed E-state index contributed by atoms with van der Waals surface area (Å²) >= 11 is 1.53. The van der Waals surface area contributed by atoms with Crippen molar-refractivity contribution in [2.24, 2.45) is 0 Å². The minimum atomic E-state index is -0.443. The first-order valence-corrected chi connectivity index (χ1v) is 9.80. The Bertz CT molecular complexity index is 613. The fraction of sp³-hybridized carbons (Fsp3) is 0.765. The maximum Gasteiger partial charge on any atom is 0.265 e. The smallest absolute Gasteiger partial charge is 0.265 e. The molecule has 4 heterocycles. The van der Waals surface area contributed by atoms with Crippen LogP contribution in [0.1, 0.15) is 33.2 Å². The number of morpholine rings is 1. The molecule has 0 bridgehead atoms. The topological polar surface area (TPSA) is 64.1 Å². The molecule has 1 aromatic heterocycles. The molecule has 4 rings (SSSR count). The average Bonchev–Trinajstić information content (AvgIpc) is 3.23. The summed E-state index contributed by atoms with van der Waals surface area (Å²) in [6, 6.07) is 0. The van der Waals surface area contributed by atoms with Gasteiger partial charge in [0.1, 0.15) is 9.88 Å². The highest BCUT2D eigenvalue weighted by Gasteiger charge is 2.41. The van der Waals surface area contributed by atoms with Gasteiger partial charge in [-0.15, -0.1) is 11.3 Å². The number of amides is 1. The fourth-order valence-corrected chi connectivity index (χ4v) is 4.72. The molecule has 3 aliphatic rings. The maximum atomic E-state index is 12.9. The Labute approximate surface area is 151 Å². The molecule has 0 atom stereocenters. The molecule has 3 fully saturated rings. The number of carbonyl (C=O) groups is 1. The van der Waals surface area contributed by atoms with Crippen LogP contribution in [0.15, 0.2) is 0 Å². The number of aromatic nitrogens is 1. The third-order valence-electron chi connectivity index (χ3n) is 5.12. The summed E-state index contributed by atoms with van der Waals surface area (Å²) in [6.07, 6.45) is 1.49. The van der Waals surface area contributed by atoms with Crippen LogP contribution in [0, 0.1) is 6.92 Å². The van der Waals surface area contributed by atoms with E-state index >= 15 is 0 Å². The van der Waals surface area contributed by atoms with Crippen molar-refractivity contribution in [2.45, 2.75) is 32.1 Å². The zero-order valence-electron chi connectivity index (χ0n) is 14.7. The summed E-state index contributed by atoms with van der Waals surface area (Å²) in [6.45, 7) is 8.80. The summed E-state index contributed by atoms with van der Waals surface area (Å²) < 4.78 is 16.9. The quantitative estimate of drug-likeness (QED) is 0.802. The number of nitrogens with zero attached hydrogens (tertiary/aromatic N) is 3. The molecule has 1 spiro atoms. The zero-order chi connectivity index (χ0) is 17.3. The molecule has 7 nitrogen and oxygen atoms in total. The second-order valence-corrected chi connectivity index (χ2v) is 7.89. The second-order valence-electron chi connectivity index (χ2n) is 6.81. The largest absolute Gasteiger partial charge is 0.379 e. The molecule has 0 radical (unpaired) electrons. The number of ether oxygens (including phenoxy) is 3. The van der Waals surface area contributed by atoms with Gasteiger partial charge in [0.05, 0.1) is 38.7 Å². The van der Waals surface area contributed by atoms with Gasteiger partial charge in [0.15, 0.2) is 5.79 Å². The maximum absolute atomic E-state index is 12.9. The minimum absolute atomic E-state index is 0.0936. The van der Waals surface area contributed by atoms with Crippen LogP contribution in [0.5, 0.6) is 0 Å². The summed E-state index contributed by atoms with van der Waals surface area (Å²) in [5, 5.41) is 1.01. The van der Waals surface area contributed by atoms with E-state index < -0.39 is 5.79 Å². The highest BCUT2D eigenvalue weighted by Crippen LogP contribution is 2.32.